The number of unbranched alkanes of at least 4 members (excludes halogenated alkanes) is 1. The molecule has 0 radical (unpaired) electrons. The van der Waals surface area contributed by atoms with Gasteiger partial charge < -0.3 is 5.32 Å². The topological polar surface area (TPSA) is 35.8 Å². The second kappa shape index (κ2) is 5.24. The summed E-state index contributed by atoms with van der Waals surface area (Å²) in [6.07, 6.45) is 7.19. The van der Waals surface area contributed by atoms with Gasteiger partial charge in [0.15, 0.2) is 0 Å². The predicted molar refractivity (Wildman–Crippen MR) is 54.3 cm³/mol. The smallest absolute Gasteiger partial charge is 0.0622 e. The standard InChI is InChI=1S/C11H20N2/c1-2-11(6-5-7-11)10-13-9-4-3-8-12/h13H,2-7,9-10H2,1H3. The molecular weight excluding hydrogens is 160 g/mol. The van der Waals surface area contributed by atoms with Gasteiger partial charge in [-0.05, 0) is 37.6 Å². The third-order valence-electron chi connectivity index (χ3n) is 3.31. The second-order valence-electron chi connectivity index (χ2n) is 4.15. The summed E-state index contributed by atoms with van der Waals surface area (Å²) in [6.45, 7) is 4.46. The van der Waals surface area contributed by atoms with Crippen molar-refractivity contribution in [2.24, 2.45) is 5.41 Å². The molecular formula is C11H20N2. The Hall–Kier alpha value is -0.550. The zero-order chi connectivity index (χ0) is 9.57. The van der Waals surface area contributed by atoms with Crippen LogP contribution in [0, 0.1) is 16.7 Å². The van der Waals surface area contributed by atoms with Crippen molar-refractivity contribution in [1.29, 1.82) is 5.26 Å². The minimum atomic E-state index is 0.618. The first-order valence-electron chi connectivity index (χ1n) is 5.41. The summed E-state index contributed by atoms with van der Waals surface area (Å²) in [7, 11) is 0. The minimum absolute atomic E-state index is 0.618. The first-order chi connectivity index (χ1) is 6.33. The highest BCUT2D eigenvalue weighted by atomic mass is 14.9. The number of nitriles is 1. The van der Waals surface area contributed by atoms with Gasteiger partial charge in [-0.3, -0.25) is 0 Å². The van der Waals surface area contributed by atoms with Gasteiger partial charge in [-0.15, -0.1) is 0 Å². The molecule has 2 heteroatoms. The van der Waals surface area contributed by atoms with E-state index in [1.165, 1.54) is 25.7 Å². The molecule has 0 spiro atoms. The molecule has 0 bridgehead atoms. The third kappa shape index (κ3) is 3.00. The van der Waals surface area contributed by atoms with Crippen molar-refractivity contribution in [2.75, 3.05) is 13.1 Å². The van der Waals surface area contributed by atoms with Crippen LogP contribution < -0.4 is 5.32 Å². The highest BCUT2D eigenvalue weighted by molar-refractivity contribution is 4.88. The number of rotatable bonds is 6. The lowest BCUT2D eigenvalue weighted by Crippen LogP contribution is -2.39. The fraction of sp³-hybridized carbons (Fsp3) is 0.909. The van der Waals surface area contributed by atoms with Crippen molar-refractivity contribution in [3.8, 4) is 6.07 Å². The summed E-state index contributed by atoms with van der Waals surface area (Å²) in [6, 6.07) is 2.17. The highest BCUT2D eigenvalue weighted by Gasteiger charge is 2.34. The fourth-order valence-electron chi connectivity index (χ4n) is 1.98. The minimum Gasteiger partial charge on any atom is -0.316 e. The molecule has 0 amide bonds. The molecule has 1 aliphatic rings. The summed E-state index contributed by atoms with van der Waals surface area (Å²) in [4.78, 5) is 0. The van der Waals surface area contributed by atoms with Crippen LogP contribution in [0.25, 0.3) is 0 Å². The molecule has 1 aliphatic carbocycles. The molecule has 0 aliphatic heterocycles. The zero-order valence-electron chi connectivity index (χ0n) is 8.60. The summed E-state index contributed by atoms with van der Waals surface area (Å²) in [5.74, 6) is 0. The van der Waals surface area contributed by atoms with Crippen LogP contribution in [0.3, 0.4) is 0 Å². The maximum absolute atomic E-state index is 8.35. The van der Waals surface area contributed by atoms with Gasteiger partial charge in [0.2, 0.25) is 0 Å². The average Bonchev–Trinajstić information content (AvgIpc) is 2.09. The molecule has 0 aromatic carbocycles. The van der Waals surface area contributed by atoms with E-state index in [1.807, 2.05) is 0 Å². The third-order valence-corrected chi connectivity index (χ3v) is 3.31. The fourth-order valence-corrected chi connectivity index (χ4v) is 1.98. The Morgan fingerprint density at radius 3 is 2.69 bits per heavy atom. The van der Waals surface area contributed by atoms with E-state index in [9.17, 15) is 0 Å². The number of nitrogens with one attached hydrogen (secondary N) is 1. The van der Waals surface area contributed by atoms with E-state index in [1.54, 1.807) is 0 Å². The molecule has 1 N–H and O–H groups in total. The van der Waals surface area contributed by atoms with Crippen molar-refractivity contribution in [3.63, 3.8) is 0 Å². The van der Waals surface area contributed by atoms with Gasteiger partial charge in [0.05, 0.1) is 6.07 Å². The predicted octanol–water partition coefficient (Wildman–Crippen LogP) is 2.46. The highest BCUT2D eigenvalue weighted by Crippen LogP contribution is 2.42. The Morgan fingerprint density at radius 1 is 1.46 bits per heavy atom. The Kier molecular flexibility index (Phi) is 4.24. The maximum atomic E-state index is 8.35. The van der Waals surface area contributed by atoms with Crippen LogP contribution in [0.15, 0.2) is 0 Å². The molecule has 0 saturated heterocycles. The lowest BCUT2D eigenvalue weighted by atomic mass is 9.67. The van der Waals surface area contributed by atoms with Gasteiger partial charge >= 0.3 is 0 Å². The molecule has 1 rings (SSSR count). The largest absolute Gasteiger partial charge is 0.316 e. The SMILES string of the molecule is CCC1(CNCCCC#N)CCC1. The van der Waals surface area contributed by atoms with Gasteiger partial charge in [0.25, 0.3) is 0 Å². The second-order valence-corrected chi connectivity index (χ2v) is 4.15. The Labute approximate surface area is 81.3 Å². The maximum Gasteiger partial charge on any atom is 0.0622 e. The van der Waals surface area contributed by atoms with Gasteiger partial charge in [0, 0.05) is 13.0 Å². The first-order valence-corrected chi connectivity index (χ1v) is 5.41. The molecule has 0 aromatic rings. The van der Waals surface area contributed by atoms with Crippen LogP contribution in [0.1, 0.15) is 45.4 Å². The van der Waals surface area contributed by atoms with Gasteiger partial charge in [-0.25, -0.2) is 0 Å². The lowest BCUT2D eigenvalue weighted by molar-refractivity contribution is 0.124. The molecule has 13 heavy (non-hydrogen) atoms. The summed E-state index contributed by atoms with van der Waals surface area (Å²) < 4.78 is 0. The summed E-state index contributed by atoms with van der Waals surface area (Å²) in [5.41, 5.74) is 0.618. The van der Waals surface area contributed by atoms with E-state index >= 15 is 0 Å². The molecule has 0 atom stereocenters. The Morgan fingerprint density at radius 2 is 2.23 bits per heavy atom. The average molecular weight is 180 g/mol. The molecule has 0 aromatic heterocycles. The van der Waals surface area contributed by atoms with Crippen LogP contribution in [-0.2, 0) is 0 Å². The zero-order valence-corrected chi connectivity index (χ0v) is 8.60. The van der Waals surface area contributed by atoms with E-state index < -0.39 is 0 Å². The molecule has 74 valence electrons. The van der Waals surface area contributed by atoms with E-state index in [0.717, 1.165) is 19.5 Å². The lowest BCUT2D eigenvalue weighted by Gasteiger charge is -2.41. The van der Waals surface area contributed by atoms with Crippen molar-refractivity contribution in [2.45, 2.75) is 45.4 Å². The van der Waals surface area contributed by atoms with Crippen LogP contribution in [0.4, 0.5) is 0 Å². The Balaban J connectivity index is 2.01. The number of nitrogens with zero attached hydrogens (tertiary/aromatic N) is 1. The Bertz CT molecular complexity index is 172. The van der Waals surface area contributed by atoms with Gasteiger partial charge in [-0.1, -0.05) is 13.3 Å². The normalized spacial score (nSPS) is 19.1. The summed E-state index contributed by atoms with van der Waals surface area (Å²) in [5, 5.41) is 11.8. The van der Waals surface area contributed by atoms with E-state index in [4.69, 9.17) is 5.26 Å². The first kappa shape index (κ1) is 10.5. The number of hydrogen-bond acceptors (Lipinski definition) is 2. The summed E-state index contributed by atoms with van der Waals surface area (Å²) >= 11 is 0. The van der Waals surface area contributed by atoms with Crippen LogP contribution in [0.2, 0.25) is 0 Å². The van der Waals surface area contributed by atoms with Crippen LogP contribution in [-0.4, -0.2) is 13.1 Å². The monoisotopic (exact) mass is 180 g/mol. The van der Waals surface area contributed by atoms with Gasteiger partial charge in [0.1, 0.15) is 0 Å². The van der Waals surface area contributed by atoms with E-state index in [2.05, 4.69) is 18.3 Å². The van der Waals surface area contributed by atoms with E-state index in [-0.39, 0.29) is 0 Å². The molecule has 2 nitrogen and oxygen atoms in total. The van der Waals surface area contributed by atoms with Crippen molar-refractivity contribution < 1.29 is 0 Å². The molecule has 0 heterocycles. The molecule has 1 fully saturated rings. The van der Waals surface area contributed by atoms with Gasteiger partial charge in [-0.2, -0.15) is 5.26 Å². The number of hydrogen-bond donors (Lipinski definition) is 1. The van der Waals surface area contributed by atoms with E-state index in [0.29, 0.717) is 11.8 Å². The molecule has 1 saturated carbocycles. The van der Waals surface area contributed by atoms with Crippen molar-refractivity contribution in [3.05, 3.63) is 0 Å². The van der Waals surface area contributed by atoms with Crippen LogP contribution in [0.5, 0.6) is 0 Å². The molecule has 0 unspecified atom stereocenters. The quantitative estimate of drug-likeness (QED) is 0.637. The van der Waals surface area contributed by atoms with Crippen molar-refractivity contribution >= 4 is 0 Å². The van der Waals surface area contributed by atoms with Crippen molar-refractivity contribution in [1.82, 2.24) is 5.32 Å². The van der Waals surface area contributed by atoms with Crippen LogP contribution >= 0.6 is 0 Å².